The van der Waals surface area contributed by atoms with Gasteiger partial charge in [-0.25, -0.2) is 13.2 Å². The molecular formula is C14H15N3O5S. The van der Waals surface area contributed by atoms with Gasteiger partial charge < -0.3 is 9.32 Å². The second-order valence-corrected chi connectivity index (χ2v) is 7.77. The first kappa shape index (κ1) is 14.5. The van der Waals surface area contributed by atoms with Crippen LogP contribution < -0.4 is 5.76 Å². The molecule has 0 unspecified atom stereocenters. The fourth-order valence-electron chi connectivity index (χ4n) is 2.88. The van der Waals surface area contributed by atoms with Gasteiger partial charge in [-0.05, 0) is 25.0 Å². The minimum Gasteiger partial charge on any atom is -0.408 e. The van der Waals surface area contributed by atoms with Gasteiger partial charge in [-0.3, -0.25) is 9.78 Å². The van der Waals surface area contributed by atoms with Crippen molar-refractivity contribution < 1.29 is 17.6 Å². The number of nitrogens with zero attached hydrogens (tertiary/aromatic N) is 2. The largest absolute Gasteiger partial charge is 0.417 e. The van der Waals surface area contributed by atoms with Crippen LogP contribution >= 0.6 is 0 Å². The van der Waals surface area contributed by atoms with Crippen LogP contribution in [0.1, 0.15) is 12.8 Å². The molecule has 122 valence electrons. The van der Waals surface area contributed by atoms with Gasteiger partial charge in [0, 0.05) is 25.2 Å². The van der Waals surface area contributed by atoms with Gasteiger partial charge in [-0.1, -0.05) is 0 Å². The van der Waals surface area contributed by atoms with Gasteiger partial charge in [0.1, 0.15) is 0 Å². The predicted molar refractivity (Wildman–Crippen MR) is 80.3 cm³/mol. The molecule has 1 aliphatic carbocycles. The maximum Gasteiger partial charge on any atom is 0.417 e. The Bertz CT molecular complexity index is 941. The van der Waals surface area contributed by atoms with E-state index in [0.717, 1.165) is 12.8 Å². The summed E-state index contributed by atoms with van der Waals surface area (Å²) in [5.41, 5.74) is 0.614. The monoisotopic (exact) mass is 337 g/mol. The predicted octanol–water partition coefficient (Wildman–Crippen LogP) is 0.116. The molecular weight excluding hydrogens is 322 g/mol. The second-order valence-electron chi connectivity index (χ2n) is 5.83. The second kappa shape index (κ2) is 4.93. The number of fused-ring (bicyclic) bond motifs is 1. The van der Waals surface area contributed by atoms with E-state index in [1.807, 2.05) is 0 Å². The minimum atomic E-state index is -3.80. The molecule has 0 radical (unpaired) electrons. The molecule has 23 heavy (non-hydrogen) atoms. The summed E-state index contributed by atoms with van der Waals surface area (Å²) in [6.07, 6.45) is 2.00. The molecule has 1 saturated heterocycles. The molecule has 1 aromatic heterocycles. The third kappa shape index (κ3) is 2.45. The molecule has 9 heteroatoms. The van der Waals surface area contributed by atoms with Crippen LogP contribution in [0.2, 0.25) is 0 Å². The highest BCUT2D eigenvalue weighted by Crippen LogP contribution is 2.29. The van der Waals surface area contributed by atoms with Gasteiger partial charge in [0.2, 0.25) is 15.9 Å². The van der Waals surface area contributed by atoms with Crippen LogP contribution in [0.3, 0.4) is 0 Å². The summed E-state index contributed by atoms with van der Waals surface area (Å²) in [6, 6.07) is 4.48. The Morgan fingerprint density at radius 3 is 2.65 bits per heavy atom. The average Bonchev–Trinajstić information content (AvgIpc) is 3.27. The molecule has 0 bridgehead atoms. The maximum atomic E-state index is 12.7. The van der Waals surface area contributed by atoms with E-state index in [0.29, 0.717) is 12.1 Å². The van der Waals surface area contributed by atoms with Crippen LogP contribution in [-0.2, 0) is 14.8 Å². The number of aromatic amines is 1. The first-order valence-electron chi connectivity index (χ1n) is 7.38. The van der Waals surface area contributed by atoms with Gasteiger partial charge in [-0.2, -0.15) is 4.31 Å². The van der Waals surface area contributed by atoms with Gasteiger partial charge in [0.05, 0.1) is 17.0 Å². The number of oxazole rings is 1. The molecule has 1 amide bonds. The highest BCUT2D eigenvalue weighted by Gasteiger charge is 2.39. The molecule has 1 aliphatic heterocycles. The maximum absolute atomic E-state index is 12.7. The Morgan fingerprint density at radius 2 is 1.96 bits per heavy atom. The summed E-state index contributed by atoms with van der Waals surface area (Å²) in [6.45, 7) is 0.553. The number of H-pyrrole nitrogens is 1. The third-order valence-corrected chi connectivity index (χ3v) is 6.08. The summed E-state index contributed by atoms with van der Waals surface area (Å²) >= 11 is 0. The Labute approximate surface area is 131 Å². The lowest BCUT2D eigenvalue weighted by Crippen LogP contribution is -2.52. The molecule has 4 rings (SSSR count). The van der Waals surface area contributed by atoms with Gasteiger partial charge in [-0.15, -0.1) is 0 Å². The molecule has 2 heterocycles. The van der Waals surface area contributed by atoms with Gasteiger partial charge in [0.15, 0.2) is 5.58 Å². The first-order chi connectivity index (χ1) is 10.9. The van der Waals surface area contributed by atoms with Crippen LogP contribution in [-0.4, -0.2) is 54.2 Å². The van der Waals surface area contributed by atoms with E-state index in [1.54, 1.807) is 4.90 Å². The van der Waals surface area contributed by atoms with Crippen molar-refractivity contribution in [3.8, 4) is 0 Å². The molecule has 2 fully saturated rings. The quantitative estimate of drug-likeness (QED) is 0.856. The van der Waals surface area contributed by atoms with E-state index in [9.17, 15) is 18.0 Å². The number of benzene rings is 1. The van der Waals surface area contributed by atoms with E-state index < -0.39 is 15.8 Å². The molecule has 0 atom stereocenters. The highest BCUT2D eigenvalue weighted by molar-refractivity contribution is 7.89. The topological polar surface area (TPSA) is 104 Å². The molecule has 2 aromatic rings. The van der Waals surface area contributed by atoms with Gasteiger partial charge >= 0.3 is 5.76 Å². The number of carbonyl (C=O) groups is 1. The summed E-state index contributed by atoms with van der Waals surface area (Å²) in [5.74, 6) is -0.792. The van der Waals surface area contributed by atoms with Crippen molar-refractivity contribution in [2.45, 2.75) is 23.8 Å². The molecule has 2 aliphatic rings. The average molecular weight is 337 g/mol. The Balaban J connectivity index is 1.63. The van der Waals surface area contributed by atoms with E-state index in [4.69, 9.17) is 4.42 Å². The Morgan fingerprint density at radius 1 is 1.17 bits per heavy atom. The standard InChI is InChI=1S/C14H15N3O5S/c18-13-8-16(5-6-17(13)9-1-2-9)23(20,21)10-3-4-11-12(7-10)22-14(19)15-11/h3-4,7,9H,1-2,5-6,8H2,(H,15,19). The van der Waals surface area contributed by atoms with Crippen LogP contribution in [0.15, 0.2) is 32.3 Å². The smallest absolute Gasteiger partial charge is 0.408 e. The van der Waals surface area contributed by atoms with Crippen LogP contribution in [0.4, 0.5) is 0 Å². The summed E-state index contributed by atoms with van der Waals surface area (Å²) in [7, 11) is -3.80. The number of amides is 1. The number of hydrogen-bond donors (Lipinski definition) is 1. The lowest BCUT2D eigenvalue weighted by atomic mass is 10.3. The molecule has 0 spiro atoms. The van der Waals surface area contributed by atoms with Crippen molar-refractivity contribution >= 4 is 27.0 Å². The van der Waals surface area contributed by atoms with Crippen molar-refractivity contribution in [2.24, 2.45) is 0 Å². The van der Waals surface area contributed by atoms with Crippen molar-refractivity contribution in [3.05, 3.63) is 28.7 Å². The van der Waals surface area contributed by atoms with Crippen LogP contribution in [0.5, 0.6) is 0 Å². The highest BCUT2D eigenvalue weighted by atomic mass is 32.2. The zero-order chi connectivity index (χ0) is 16.2. The van der Waals surface area contributed by atoms with E-state index in [2.05, 4.69) is 4.98 Å². The number of piperazine rings is 1. The van der Waals surface area contributed by atoms with Gasteiger partial charge in [0.25, 0.3) is 0 Å². The molecule has 1 N–H and O–H groups in total. The van der Waals surface area contributed by atoms with Crippen LogP contribution in [0.25, 0.3) is 11.1 Å². The zero-order valence-electron chi connectivity index (χ0n) is 12.2. The van der Waals surface area contributed by atoms with E-state index in [1.165, 1.54) is 22.5 Å². The number of sulfonamides is 1. The normalized spacial score (nSPS) is 20.3. The number of rotatable bonds is 3. The summed E-state index contributed by atoms with van der Waals surface area (Å²) in [5, 5.41) is 0. The Kier molecular flexibility index (Phi) is 3.10. The van der Waals surface area contributed by atoms with Crippen molar-refractivity contribution in [1.82, 2.24) is 14.2 Å². The number of nitrogens with one attached hydrogen (secondary N) is 1. The zero-order valence-corrected chi connectivity index (χ0v) is 13.0. The fourth-order valence-corrected chi connectivity index (χ4v) is 4.27. The molecule has 1 saturated carbocycles. The minimum absolute atomic E-state index is 0.0143. The third-order valence-electron chi connectivity index (χ3n) is 4.24. The van der Waals surface area contributed by atoms with E-state index >= 15 is 0 Å². The first-order valence-corrected chi connectivity index (χ1v) is 8.82. The molecule has 8 nitrogen and oxygen atoms in total. The fraction of sp³-hybridized carbons (Fsp3) is 0.429. The van der Waals surface area contributed by atoms with Crippen molar-refractivity contribution in [2.75, 3.05) is 19.6 Å². The van der Waals surface area contributed by atoms with Crippen molar-refractivity contribution in [1.29, 1.82) is 0 Å². The number of hydrogen-bond acceptors (Lipinski definition) is 5. The van der Waals surface area contributed by atoms with Crippen molar-refractivity contribution in [3.63, 3.8) is 0 Å². The summed E-state index contributed by atoms with van der Waals surface area (Å²) < 4.78 is 31.5. The lowest BCUT2D eigenvalue weighted by Gasteiger charge is -2.33. The SMILES string of the molecule is O=C1CN(S(=O)(=O)c2ccc3[nH]c(=O)oc3c2)CCN1C1CC1. The molecule has 1 aromatic carbocycles. The number of aromatic nitrogens is 1. The lowest BCUT2D eigenvalue weighted by molar-refractivity contribution is -0.134. The Hall–Kier alpha value is -2.13. The van der Waals surface area contributed by atoms with E-state index in [-0.39, 0.29) is 35.5 Å². The summed E-state index contributed by atoms with van der Waals surface area (Å²) in [4.78, 5) is 27.5. The van der Waals surface area contributed by atoms with Crippen LogP contribution in [0, 0.1) is 0 Å². The number of carbonyl (C=O) groups excluding carboxylic acids is 1.